The van der Waals surface area contributed by atoms with Crippen LogP contribution in [0, 0.1) is 13.8 Å². The lowest BCUT2D eigenvalue weighted by molar-refractivity contribution is 0.341. The number of hydrogen-bond acceptors (Lipinski definition) is 3. The SMILES string of the molecule is C=CCOc1nc(C)cc(C)c1CNC(C)C. The minimum Gasteiger partial charge on any atom is -0.473 e. The highest BCUT2D eigenvalue weighted by Crippen LogP contribution is 2.21. The Balaban J connectivity index is 2.93. The number of rotatable bonds is 6. The lowest BCUT2D eigenvalue weighted by Gasteiger charge is -2.15. The second-order valence-corrected chi connectivity index (χ2v) is 4.50. The van der Waals surface area contributed by atoms with Crippen LogP contribution in [0.2, 0.25) is 0 Å². The summed E-state index contributed by atoms with van der Waals surface area (Å²) >= 11 is 0. The molecule has 3 nitrogen and oxygen atoms in total. The molecule has 94 valence electrons. The van der Waals surface area contributed by atoms with Gasteiger partial charge in [0.1, 0.15) is 6.61 Å². The monoisotopic (exact) mass is 234 g/mol. The Labute approximate surface area is 104 Å². The van der Waals surface area contributed by atoms with Gasteiger partial charge in [-0.25, -0.2) is 4.98 Å². The van der Waals surface area contributed by atoms with Crippen LogP contribution in [0.5, 0.6) is 5.88 Å². The molecule has 0 atom stereocenters. The van der Waals surface area contributed by atoms with E-state index in [2.05, 4.69) is 43.7 Å². The summed E-state index contributed by atoms with van der Waals surface area (Å²) in [5, 5.41) is 3.39. The Hall–Kier alpha value is -1.35. The summed E-state index contributed by atoms with van der Waals surface area (Å²) in [6.45, 7) is 13.2. The van der Waals surface area contributed by atoms with E-state index in [0.717, 1.165) is 23.7 Å². The first kappa shape index (κ1) is 13.7. The Morgan fingerprint density at radius 1 is 1.47 bits per heavy atom. The number of nitrogens with zero attached hydrogens (tertiary/aromatic N) is 1. The zero-order valence-electron chi connectivity index (χ0n) is 11.2. The highest BCUT2D eigenvalue weighted by Gasteiger charge is 2.10. The van der Waals surface area contributed by atoms with Crippen LogP contribution < -0.4 is 10.1 Å². The molecule has 0 aliphatic rings. The molecule has 0 unspecified atom stereocenters. The molecule has 0 aliphatic carbocycles. The first-order chi connectivity index (χ1) is 8.04. The Morgan fingerprint density at radius 3 is 2.76 bits per heavy atom. The van der Waals surface area contributed by atoms with E-state index in [1.165, 1.54) is 5.56 Å². The molecule has 1 rings (SSSR count). The van der Waals surface area contributed by atoms with Gasteiger partial charge in [0.05, 0.1) is 0 Å². The summed E-state index contributed by atoms with van der Waals surface area (Å²) in [5.41, 5.74) is 3.32. The summed E-state index contributed by atoms with van der Waals surface area (Å²) in [6, 6.07) is 2.53. The van der Waals surface area contributed by atoms with Gasteiger partial charge in [-0.2, -0.15) is 0 Å². The van der Waals surface area contributed by atoms with E-state index in [1.54, 1.807) is 6.08 Å². The molecule has 0 aliphatic heterocycles. The molecular weight excluding hydrogens is 212 g/mol. The molecule has 0 bridgehead atoms. The molecule has 0 fully saturated rings. The number of aromatic nitrogens is 1. The zero-order valence-corrected chi connectivity index (χ0v) is 11.2. The summed E-state index contributed by atoms with van der Waals surface area (Å²) in [7, 11) is 0. The highest BCUT2D eigenvalue weighted by atomic mass is 16.5. The van der Waals surface area contributed by atoms with Crippen LogP contribution in [-0.2, 0) is 6.54 Å². The van der Waals surface area contributed by atoms with Crippen LogP contribution in [0.3, 0.4) is 0 Å². The van der Waals surface area contributed by atoms with Crippen molar-refractivity contribution in [3.63, 3.8) is 0 Å². The molecule has 1 aromatic heterocycles. The smallest absolute Gasteiger partial charge is 0.218 e. The van der Waals surface area contributed by atoms with Crippen molar-refractivity contribution in [2.75, 3.05) is 6.61 Å². The lowest BCUT2D eigenvalue weighted by Crippen LogP contribution is -2.23. The highest BCUT2D eigenvalue weighted by molar-refractivity contribution is 5.36. The van der Waals surface area contributed by atoms with Gasteiger partial charge in [0.25, 0.3) is 0 Å². The number of aryl methyl sites for hydroxylation is 2. The summed E-state index contributed by atoms with van der Waals surface area (Å²) in [5.74, 6) is 0.718. The number of ether oxygens (including phenoxy) is 1. The van der Waals surface area contributed by atoms with Gasteiger partial charge < -0.3 is 10.1 Å². The lowest BCUT2D eigenvalue weighted by atomic mass is 10.1. The molecule has 0 aromatic carbocycles. The number of hydrogen-bond donors (Lipinski definition) is 1. The Morgan fingerprint density at radius 2 is 2.18 bits per heavy atom. The van der Waals surface area contributed by atoms with Gasteiger partial charge in [-0.15, -0.1) is 0 Å². The molecule has 1 aromatic rings. The predicted molar refractivity (Wildman–Crippen MR) is 71.4 cm³/mol. The molecule has 0 saturated heterocycles. The fourth-order valence-corrected chi connectivity index (χ4v) is 1.61. The van der Waals surface area contributed by atoms with Gasteiger partial charge in [-0.3, -0.25) is 0 Å². The van der Waals surface area contributed by atoms with Crippen LogP contribution in [0.1, 0.15) is 30.7 Å². The quantitative estimate of drug-likeness (QED) is 0.768. The first-order valence-electron chi connectivity index (χ1n) is 5.98. The van der Waals surface area contributed by atoms with Crippen molar-refractivity contribution >= 4 is 0 Å². The average Bonchev–Trinajstić information content (AvgIpc) is 2.24. The van der Waals surface area contributed by atoms with Gasteiger partial charge in [-0.1, -0.05) is 26.5 Å². The third kappa shape index (κ3) is 4.19. The number of nitrogens with one attached hydrogen (secondary N) is 1. The van der Waals surface area contributed by atoms with E-state index in [1.807, 2.05) is 6.92 Å². The minimum absolute atomic E-state index is 0.447. The topological polar surface area (TPSA) is 34.1 Å². The van der Waals surface area contributed by atoms with E-state index in [0.29, 0.717) is 12.6 Å². The van der Waals surface area contributed by atoms with Gasteiger partial charge in [0.2, 0.25) is 5.88 Å². The zero-order chi connectivity index (χ0) is 12.8. The van der Waals surface area contributed by atoms with Gasteiger partial charge >= 0.3 is 0 Å². The standard InChI is InChI=1S/C14H22N2O/c1-6-7-17-14-13(9-15-10(2)3)11(4)8-12(5)16-14/h6,8,10,15H,1,7,9H2,2-5H3. The van der Waals surface area contributed by atoms with Crippen LogP contribution in [0.15, 0.2) is 18.7 Å². The van der Waals surface area contributed by atoms with Gasteiger partial charge in [-0.05, 0) is 25.5 Å². The maximum Gasteiger partial charge on any atom is 0.218 e. The van der Waals surface area contributed by atoms with E-state index >= 15 is 0 Å². The van der Waals surface area contributed by atoms with Gasteiger partial charge in [0.15, 0.2) is 0 Å². The summed E-state index contributed by atoms with van der Waals surface area (Å²) in [4.78, 5) is 4.44. The number of pyridine rings is 1. The van der Waals surface area contributed by atoms with Crippen LogP contribution >= 0.6 is 0 Å². The van der Waals surface area contributed by atoms with Crippen molar-refractivity contribution in [1.82, 2.24) is 10.3 Å². The summed E-state index contributed by atoms with van der Waals surface area (Å²) in [6.07, 6.45) is 1.74. The molecule has 1 N–H and O–H groups in total. The molecule has 0 spiro atoms. The van der Waals surface area contributed by atoms with Crippen molar-refractivity contribution in [1.29, 1.82) is 0 Å². The van der Waals surface area contributed by atoms with Crippen molar-refractivity contribution < 1.29 is 4.74 Å². The van der Waals surface area contributed by atoms with Crippen molar-refractivity contribution in [3.05, 3.63) is 35.5 Å². The van der Waals surface area contributed by atoms with E-state index in [9.17, 15) is 0 Å². The Kier molecular flexibility index (Phi) is 5.16. The minimum atomic E-state index is 0.447. The van der Waals surface area contributed by atoms with E-state index < -0.39 is 0 Å². The maximum atomic E-state index is 5.61. The van der Waals surface area contributed by atoms with Crippen molar-refractivity contribution in [3.8, 4) is 5.88 Å². The first-order valence-corrected chi connectivity index (χ1v) is 5.98. The Bertz CT molecular complexity index is 386. The largest absolute Gasteiger partial charge is 0.473 e. The fraction of sp³-hybridized carbons (Fsp3) is 0.500. The average molecular weight is 234 g/mol. The normalized spacial score (nSPS) is 10.6. The molecule has 1 heterocycles. The van der Waals surface area contributed by atoms with Crippen LogP contribution in [-0.4, -0.2) is 17.6 Å². The summed E-state index contributed by atoms with van der Waals surface area (Å²) < 4.78 is 5.61. The van der Waals surface area contributed by atoms with Crippen LogP contribution in [0.4, 0.5) is 0 Å². The fourth-order valence-electron chi connectivity index (χ4n) is 1.61. The molecule has 0 amide bonds. The molecule has 17 heavy (non-hydrogen) atoms. The van der Waals surface area contributed by atoms with E-state index in [-0.39, 0.29) is 0 Å². The third-order valence-electron chi connectivity index (χ3n) is 2.46. The van der Waals surface area contributed by atoms with Crippen LogP contribution in [0.25, 0.3) is 0 Å². The van der Waals surface area contributed by atoms with Crippen molar-refractivity contribution in [2.24, 2.45) is 0 Å². The van der Waals surface area contributed by atoms with E-state index in [4.69, 9.17) is 4.74 Å². The van der Waals surface area contributed by atoms with Crippen molar-refractivity contribution in [2.45, 2.75) is 40.3 Å². The second-order valence-electron chi connectivity index (χ2n) is 4.50. The second kappa shape index (κ2) is 6.40. The molecule has 3 heteroatoms. The predicted octanol–water partition coefficient (Wildman–Crippen LogP) is 2.76. The van der Waals surface area contributed by atoms with Gasteiger partial charge in [0, 0.05) is 23.8 Å². The molecule has 0 radical (unpaired) electrons. The third-order valence-corrected chi connectivity index (χ3v) is 2.46. The molecule has 0 saturated carbocycles. The maximum absolute atomic E-state index is 5.61. The molecular formula is C14H22N2O.